The van der Waals surface area contributed by atoms with Crippen molar-refractivity contribution in [3.63, 3.8) is 0 Å². The zero-order chi connectivity index (χ0) is 38.3. The molecule has 0 spiro atoms. The molecule has 4 nitrogen and oxygen atoms in total. The van der Waals surface area contributed by atoms with Gasteiger partial charge in [0.2, 0.25) is 0 Å². The molecule has 0 aliphatic heterocycles. The van der Waals surface area contributed by atoms with E-state index in [9.17, 15) is 0 Å². The monoisotopic (exact) mass is 730 g/mol. The van der Waals surface area contributed by atoms with Crippen molar-refractivity contribution in [2.45, 2.75) is 6.92 Å². The van der Waals surface area contributed by atoms with E-state index in [1.807, 2.05) is 49.4 Å². The minimum absolute atomic E-state index is 0.696. The van der Waals surface area contributed by atoms with Crippen LogP contribution < -0.4 is 0 Å². The number of fused-ring (bicyclic) bond motifs is 6. The molecule has 0 atom stereocenters. The number of allylic oxidation sites excluding steroid dienone is 5. The van der Waals surface area contributed by atoms with Gasteiger partial charge in [-0.3, -0.25) is 0 Å². The molecule has 270 valence electrons. The maximum atomic E-state index is 5.22. The third kappa shape index (κ3) is 5.96. The first-order valence-electron chi connectivity index (χ1n) is 19.3. The number of para-hydroxylation sites is 3. The minimum atomic E-state index is 0.696. The van der Waals surface area contributed by atoms with Gasteiger partial charge in [-0.25, -0.2) is 9.97 Å². The van der Waals surface area contributed by atoms with Crippen LogP contribution in [0.25, 0.3) is 100 Å². The van der Waals surface area contributed by atoms with Gasteiger partial charge >= 0.3 is 0 Å². The van der Waals surface area contributed by atoms with Crippen molar-refractivity contribution >= 4 is 49.3 Å². The largest absolute Gasteiger partial charge is 0.310 e. The van der Waals surface area contributed by atoms with E-state index < -0.39 is 0 Å². The molecular formula is C53H38N4. The summed E-state index contributed by atoms with van der Waals surface area (Å²) in [5, 5.41) is 4.81. The van der Waals surface area contributed by atoms with Crippen molar-refractivity contribution in [2.24, 2.45) is 0 Å². The number of rotatable bonds is 8. The summed E-state index contributed by atoms with van der Waals surface area (Å²) in [5.74, 6) is 0.696. The lowest BCUT2D eigenvalue weighted by Gasteiger charge is -2.15. The predicted octanol–water partition coefficient (Wildman–Crippen LogP) is 14.0. The fourth-order valence-electron chi connectivity index (χ4n) is 8.17. The Morgan fingerprint density at radius 3 is 1.86 bits per heavy atom. The second kappa shape index (κ2) is 14.3. The van der Waals surface area contributed by atoms with Gasteiger partial charge in [0.05, 0.1) is 39.1 Å². The Morgan fingerprint density at radius 2 is 1.07 bits per heavy atom. The van der Waals surface area contributed by atoms with Gasteiger partial charge in [0.1, 0.15) is 0 Å². The number of aromatic nitrogens is 4. The molecule has 0 N–H and O–H groups in total. The van der Waals surface area contributed by atoms with Crippen LogP contribution in [-0.2, 0) is 0 Å². The van der Waals surface area contributed by atoms with Crippen molar-refractivity contribution in [2.75, 3.05) is 0 Å². The van der Waals surface area contributed by atoms with Crippen LogP contribution in [0, 0.1) is 0 Å². The molecule has 7 aromatic carbocycles. The zero-order valence-electron chi connectivity index (χ0n) is 31.5. The van der Waals surface area contributed by atoms with Crippen LogP contribution in [0.15, 0.2) is 207 Å². The van der Waals surface area contributed by atoms with Crippen molar-refractivity contribution in [3.05, 3.63) is 207 Å². The molecule has 3 heterocycles. The molecule has 0 amide bonds. The highest BCUT2D eigenvalue weighted by Gasteiger charge is 2.19. The van der Waals surface area contributed by atoms with E-state index in [0.29, 0.717) is 5.82 Å². The second-order valence-corrected chi connectivity index (χ2v) is 14.3. The third-order valence-corrected chi connectivity index (χ3v) is 10.8. The average Bonchev–Trinajstić information content (AvgIpc) is 3.79. The maximum absolute atomic E-state index is 5.22. The lowest BCUT2D eigenvalue weighted by molar-refractivity contribution is 1.15. The SMILES string of the molecule is C=C(/C=C\C=C/C)n1c2ccccc2c2ccc(-c3ccc4c(c3)c3ccccc3n4-c3ccccc3-c3cc(-c4ccccc4)nc(-c4ccccc4)n3)cc21. The molecule has 0 aliphatic carbocycles. The Bertz CT molecular complexity index is 3140. The van der Waals surface area contributed by atoms with Gasteiger partial charge in [-0.15, -0.1) is 0 Å². The Kier molecular flexibility index (Phi) is 8.50. The van der Waals surface area contributed by atoms with Gasteiger partial charge in [0.25, 0.3) is 0 Å². The smallest absolute Gasteiger partial charge is 0.160 e. The van der Waals surface area contributed by atoms with Gasteiger partial charge in [-0.2, -0.15) is 0 Å². The molecular weight excluding hydrogens is 693 g/mol. The van der Waals surface area contributed by atoms with Crippen LogP contribution >= 0.6 is 0 Å². The zero-order valence-corrected chi connectivity index (χ0v) is 31.5. The van der Waals surface area contributed by atoms with E-state index in [1.165, 1.54) is 21.5 Å². The van der Waals surface area contributed by atoms with Crippen LogP contribution in [0.4, 0.5) is 0 Å². The van der Waals surface area contributed by atoms with Crippen LogP contribution in [0.3, 0.4) is 0 Å². The Hall–Kier alpha value is -7.56. The first-order valence-corrected chi connectivity index (χ1v) is 19.3. The van der Waals surface area contributed by atoms with E-state index in [0.717, 1.165) is 72.7 Å². The van der Waals surface area contributed by atoms with Crippen LogP contribution in [0.1, 0.15) is 6.92 Å². The van der Waals surface area contributed by atoms with Gasteiger partial charge in [0.15, 0.2) is 5.82 Å². The van der Waals surface area contributed by atoms with E-state index in [1.54, 1.807) is 0 Å². The molecule has 0 fully saturated rings. The minimum Gasteiger partial charge on any atom is -0.310 e. The summed E-state index contributed by atoms with van der Waals surface area (Å²) in [6.07, 6.45) is 8.18. The lowest BCUT2D eigenvalue weighted by atomic mass is 10.0. The second-order valence-electron chi connectivity index (χ2n) is 14.3. The van der Waals surface area contributed by atoms with Crippen molar-refractivity contribution in [1.29, 1.82) is 0 Å². The van der Waals surface area contributed by atoms with Crippen molar-refractivity contribution < 1.29 is 0 Å². The van der Waals surface area contributed by atoms with E-state index >= 15 is 0 Å². The number of hydrogen-bond donors (Lipinski definition) is 0. The van der Waals surface area contributed by atoms with E-state index in [4.69, 9.17) is 9.97 Å². The molecule has 10 rings (SSSR count). The summed E-state index contributed by atoms with van der Waals surface area (Å²) in [6, 6.07) is 62.2. The Labute approximate surface area is 331 Å². The summed E-state index contributed by atoms with van der Waals surface area (Å²) in [4.78, 5) is 10.3. The molecule has 3 aromatic heterocycles. The Morgan fingerprint density at radius 1 is 0.474 bits per heavy atom. The Balaban J connectivity index is 1.15. The van der Waals surface area contributed by atoms with Crippen LogP contribution in [0.2, 0.25) is 0 Å². The molecule has 0 saturated carbocycles. The summed E-state index contributed by atoms with van der Waals surface area (Å²) < 4.78 is 4.66. The molecule has 10 aromatic rings. The number of nitrogens with zero attached hydrogens (tertiary/aromatic N) is 4. The van der Waals surface area contributed by atoms with E-state index in [2.05, 4.69) is 173 Å². The predicted molar refractivity (Wildman–Crippen MR) is 240 cm³/mol. The quantitative estimate of drug-likeness (QED) is 0.146. The molecule has 57 heavy (non-hydrogen) atoms. The fourth-order valence-corrected chi connectivity index (χ4v) is 8.17. The first kappa shape index (κ1) is 34.0. The first-order chi connectivity index (χ1) is 28.2. The fraction of sp³-hybridized carbons (Fsp3) is 0.0189. The van der Waals surface area contributed by atoms with Crippen LogP contribution in [0.5, 0.6) is 0 Å². The van der Waals surface area contributed by atoms with Gasteiger partial charge in [-0.1, -0.05) is 158 Å². The topological polar surface area (TPSA) is 35.6 Å². The maximum Gasteiger partial charge on any atom is 0.160 e. The molecule has 0 aliphatic rings. The summed E-state index contributed by atoms with van der Waals surface area (Å²) in [7, 11) is 0. The summed E-state index contributed by atoms with van der Waals surface area (Å²) in [6.45, 7) is 6.50. The lowest BCUT2D eigenvalue weighted by Crippen LogP contribution is -2.00. The normalized spacial score (nSPS) is 11.9. The van der Waals surface area contributed by atoms with Crippen molar-refractivity contribution in [1.82, 2.24) is 19.1 Å². The highest BCUT2D eigenvalue weighted by molar-refractivity contribution is 6.13. The third-order valence-electron chi connectivity index (χ3n) is 10.8. The summed E-state index contributed by atoms with van der Waals surface area (Å²) >= 11 is 0. The molecule has 0 saturated heterocycles. The number of benzene rings is 7. The van der Waals surface area contributed by atoms with Crippen LogP contribution in [-0.4, -0.2) is 19.1 Å². The average molecular weight is 731 g/mol. The summed E-state index contributed by atoms with van der Waals surface area (Å²) in [5.41, 5.74) is 13.6. The standard InChI is InChI=1S/C53H38N4/c1-3-4-7-18-36(2)56-48-26-15-12-23-41(48)43-31-29-40(34-52(43)56)39-30-32-51-45(33-39)42-24-13-16-27-49(42)57(51)50-28-17-14-25-44(50)47-35-46(37-19-8-5-9-20-37)54-53(55-47)38-21-10-6-11-22-38/h3-35H,2H2,1H3/b4-3-,18-7-. The molecule has 0 radical (unpaired) electrons. The number of hydrogen-bond acceptors (Lipinski definition) is 2. The highest BCUT2D eigenvalue weighted by atomic mass is 15.0. The molecule has 0 unspecified atom stereocenters. The molecule has 0 bridgehead atoms. The van der Waals surface area contributed by atoms with Gasteiger partial charge < -0.3 is 9.13 Å². The van der Waals surface area contributed by atoms with E-state index in [-0.39, 0.29) is 0 Å². The van der Waals surface area contributed by atoms with Crippen molar-refractivity contribution in [3.8, 4) is 50.7 Å². The highest BCUT2D eigenvalue weighted by Crippen LogP contribution is 2.40. The van der Waals surface area contributed by atoms with Gasteiger partial charge in [-0.05, 0) is 66.6 Å². The van der Waals surface area contributed by atoms with Gasteiger partial charge in [0, 0.05) is 43.9 Å². The molecule has 4 heteroatoms.